The normalized spacial score (nSPS) is 14.5. The number of nitrogens with zero attached hydrogens (tertiary/aromatic N) is 1. The summed E-state index contributed by atoms with van der Waals surface area (Å²) in [6, 6.07) is 17.7. The molecule has 1 aliphatic rings. The summed E-state index contributed by atoms with van der Waals surface area (Å²) >= 11 is 9.30. The molecular formula is C23H13Br2FINO3. The first-order valence-electron chi connectivity index (χ1n) is 9.04. The maximum Gasteiger partial charge on any atom is 0.363 e. The van der Waals surface area contributed by atoms with E-state index in [0.717, 1.165) is 9.13 Å². The molecule has 0 saturated carbocycles. The maximum absolute atomic E-state index is 14.0. The van der Waals surface area contributed by atoms with Crippen LogP contribution < -0.4 is 4.74 Å². The van der Waals surface area contributed by atoms with Crippen molar-refractivity contribution in [1.82, 2.24) is 0 Å². The van der Waals surface area contributed by atoms with Gasteiger partial charge in [0.25, 0.3) is 0 Å². The summed E-state index contributed by atoms with van der Waals surface area (Å²) in [5.74, 6) is -0.546. The van der Waals surface area contributed by atoms with Crippen molar-refractivity contribution in [1.29, 1.82) is 0 Å². The highest BCUT2D eigenvalue weighted by molar-refractivity contribution is 14.1. The number of rotatable bonds is 5. The molecule has 0 saturated heterocycles. The van der Waals surface area contributed by atoms with E-state index in [-0.39, 0.29) is 17.2 Å². The van der Waals surface area contributed by atoms with Gasteiger partial charge in [0, 0.05) is 3.57 Å². The van der Waals surface area contributed by atoms with Gasteiger partial charge in [0.2, 0.25) is 5.90 Å². The Kier molecular flexibility index (Phi) is 6.88. The Morgan fingerprint density at radius 1 is 1.06 bits per heavy atom. The molecule has 1 aliphatic heterocycles. The molecule has 4 rings (SSSR count). The van der Waals surface area contributed by atoms with Gasteiger partial charge in [0.1, 0.15) is 18.2 Å². The van der Waals surface area contributed by atoms with Gasteiger partial charge in [-0.25, -0.2) is 14.2 Å². The third kappa shape index (κ3) is 5.24. The van der Waals surface area contributed by atoms with Crippen LogP contribution in [-0.2, 0) is 16.1 Å². The molecule has 8 heteroatoms. The average molecular weight is 657 g/mol. The largest absolute Gasteiger partial charge is 0.487 e. The molecule has 0 unspecified atom stereocenters. The fraction of sp³-hybridized carbons (Fsp3) is 0.0435. The second-order valence-electron chi connectivity index (χ2n) is 6.55. The zero-order chi connectivity index (χ0) is 22.0. The number of halogens is 4. The van der Waals surface area contributed by atoms with E-state index in [1.54, 1.807) is 18.2 Å². The molecule has 3 aromatic carbocycles. The zero-order valence-corrected chi connectivity index (χ0v) is 21.1. The Morgan fingerprint density at radius 3 is 2.52 bits per heavy atom. The predicted molar refractivity (Wildman–Crippen MR) is 132 cm³/mol. The van der Waals surface area contributed by atoms with Gasteiger partial charge >= 0.3 is 5.97 Å². The summed E-state index contributed by atoms with van der Waals surface area (Å²) in [5, 5.41) is 0. The van der Waals surface area contributed by atoms with Crippen LogP contribution in [0.1, 0.15) is 16.7 Å². The number of aliphatic imine (C=N–C) groups is 1. The fourth-order valence-electron chi connectivity index (χ4n) is 2.90. The lowest BCUT2D eigenvalue weighted by atomic mass is 10.2. The molecule has 0 aliphatic carbocycles. The highest BCUT2D eigenvalue weighted by Crippen LogP contribution is 2.36. The van der Waals surface area contributed by atoms with Crippen LogP contribution in [0, 0.1) is 9.39 Å². The van der Waals surface area contributed by atoms with E-state index in [1.807, 2.05) is 30.3 Å². The molecular weight excluding hydrogens is 644 g/mol. The van der Waals surface area contributed by atoms with Crippen molar-refractivity contribution < 1.29 is 18.7 Å². The van der Waals surface area contributed by atoms with E-state index in [2.05, 4.69) is 65.5 Å². The van der Waals surface area contributed by atoms with Crippen molar-refractivity contribution in [2.75, 3.05) is 0 Å². The summed E-state index contributed by atoms with van der Waals surface area (Å²) in [6.45, 7) is 0.414. The van der Waals surface area contributed by atoms with E-state index in [9.17, 15) is 9.18 Å². The minimum atomic E-state index is -0.635. The minimum Gasteiger partial charge on any atom is -0.487 e. The average Bonchev–Trinajstić information content (AvgIpc) is 3.08. The van der Waals surface area contributed by atoms with Crippen LogP contribution in [0.15, 0.2) is 80.3 Å². The first-order valence-corrected chi connectivity index (χ1v) is 11.7. The van der Waals surface area contributed by atoms with Gasteiger partial charge in [0.05, 0.1) is 14.5 Å². The quantitative estimate of drug-likeness (QED) is 0.171. The lowest BCUT2D eigenvalue weighted by Crippen LogP contribution is -2.07. The van der Waals surface area contributed by atoms with Crippen molar-refractivity contribution in [3.63, 3.8) is 0 Å². The van der Waals surface area contributed by atoms with Crippen LogP contribution in [0.4, 0.5) is 4.39 Å². The van der Waals surface area contributed by atoms with E-state index >= 15 is 0 Å². The molecule has 0 atom stereocenters. The van der Waals surface area contributed by atoms with Gasteiger partial charge in [-0.2, -0.15) is 0 Å². The second-order valence-corrected chi connectivity index (χ2v) is 9.50. The monoisotopic (exact) mass is 655 g/mol. The highest BCUT2D eigenvalue weighted by Gasteiger charge is 2.26. The fourth-order valence-corrected chi connectivity index (χ4v) is 4.96. The molecule has 31 heavy (non-hydrogen) atoms. The Bertz CT molecular complexity index is 1220. The summed E-state index contributed by atoms with van der Waals surface area (Å²) in [6.07, 6.45) is 1.58. The molecule has 0 amide bonds. The van der Waals surface area contributed by atoms with Crippen LogP contribution >= 0.6 is 54.5 Å². The number of carbonyl (C=O) groups is 1. The Morgan fingerprint density at radius 2 is 1.81 bits per heavy atom. The number of esters is 1. The molecule has 4 nitrogen and oxygen atoms in total. The number of hydrogen-bond donors (Lipinski definition) is 0. The highest BCUT2D eigenvalue weighted by atomic mass is 127. The van der Waals surface area contributed by atoms with Crippen molar-refractivity contribution in [2.45, 2.75) is 6.61 Å². The van der Waals surface area contributed by atoms with E-state index in [0.29, 0.717) is 26.9 Å². The van der Waals surface area contributed by atoms with Gasteiger partial charge < -0.3 is 9.47 Å². The first-order chi connectivity index (χ1) is 14.9. The Balaban J connectivity index is 1.57. The smallest absolute Gasteiger partial charge is 0.363 e. The van der Waals surface area contributed by atoms with Gasteiger partial charge in [-0.05, 0) is 108 Å². The molecule has 0 fully saturated rings. The molecule has 0 bridgehead atoms. The maximum atomic E-state index is 14.0. The van der Waals surface area contributed by atoms with Crippen molar-refractivity contribution in [3.05, 3.63) is 101 Å². The molecule has 3 aromatic rings. The van der Waals surface area contributed by atoms with Gasteiger partial charge in [-0.3, -0.25) is 0 Å². The lowest BCUT2D eigenvalue weighted by molar-refractivity contribution is -0.129. The van der Waals surface area contributed by atoms with Gasteiger partial charge in [0.15, 0.2) is 5.70 Å². The Labute approximate surface area is 208 Å². The topological polar surface area (TPSA) is 47.9 Å². The summed E-state index contributed by atoms with van der Waals surface area (Å²) in [4.78, 5) is 16.4. The minimum absolute atomic E-state index is 0.0510. The molecule has 0 aromatic heterocycles. The summed E-state index contributed by atoms with van der Waals surface area (Å²) in [5.41, 5.74) is 1.98. The predicted octanol–water partition coefficient (Wildman–Crippen LogP) is 6.88. The third-order valence-corrected chi connectivity index (χ3v) is 6.17. The number of carbonyl (C=O) groups excluding carboxylic acids is 1. The lowest BCUT2D eigenvalue weighted by Gasteiger charge is -2.12. The first kappa shape index (κ1) is 22.2. The van der Waals surface area contributed by atoms with Crippen LogP contribution in [0.5, 0.6) is 5.75 Å². The van der Waals surface area contributed by atoms with Crippen LogP contribution in [0.3, 0.4) is 0 Å². The zero-order valence-electron chi connectivity index (χ0n) is 15.7. The number of hydrogen-bond acceptors (Lipinski definition) is 4. The van der Waals surface area contributed by atoms with Crippen LogP contribution in [0.2, 0.25) is 0 Å². The molecule has 0 radical (unpaired) electrons. The number of ether oxygens (including phenoxy) is 2. The SMILES string of the molecule is O=C1OC(c2ccccc2F)=N/C1=C\c1cc(Br)c(OCc2cccc(I)c2)c(Br)c1. The molecule has 0 spiro atoms. The third-order valence-electron chi connectivity index (χ3n) is 4.32. The summed E-state index contributed by atoms with van der Waals surface area (Å²) < 4.78 is 27.6. The van der Waals surface area contributed by atoms with Crippen molar-refractivity contribution in [3.8, 4) is 5.75 Å². The van der Waals surface area contributed by atoms with E-state index < -0.39 is 11.8 Å². The van der Waals surface area contributed by atoms with Gasteiger partial charge in [-0.1, -0.05) is 24.3 Å². The van der Waals surface area contributed by atoms with Crippen molar-refractivity contribution in [2.24, 2.45) is 4.99 Å². The van der Waals surface area contributed by atoms with E-state index in [1.165, 1.54) is 12.1 Å². The summed E-state index contributed by atoms with van der Waals surface area (Å²) in [7, 11) is 0. The van der Waals surface area contributed by atoms with Crippen LogP contribution in [-0.4, -0.2) is 11.9 Å². The molecule has 0 N–H and O–H groups in total. The Hall–Kier alpha value is -2.04. The standard InChI is InChI=1S/C23H13Br2FINO3/c24-17-9-14(10-18(25)21(17)30-12-13-4-3-5-15(27)8-13)11-20-23(29)31-22(28-20)16-6-1-2-7-19(16)26/h1-11H,12H2/b20-11-. The number of benzene rings is 3. The van der Waals surface area contributed by atoms with Crippen molar-refractivity contribution >= 4 is 72.4 Å². The molecule has 1 heterocycles. The number of cyclic esters (lactones) is 1. The molecule has 156 valence electrons. The van der Waals surface area contributed by atoms with E-state index in [4.69, 9.17) is 9.47 Å². The van der Waals surface area contributed by atoms with Crippen LogP contribution in [0.25, 0.3) is 6.08 Å². The second kappa shape index (κ2) is 9.62. The van der Waals surface area contributed by atoms with Gasteiger partial charge in [-0.15, -0.1) is 0 Å².